The highest BCUT2D eigenvalue weighted by atomic mass is 16.2. The van der Waals surface area contributed by atoms with Crippen molar-refractivity contribution in [1.29, 1.82) is 0 Å². The number of aromatic nitrogens is 2. The molecule has 1 aromatic rings. The van der Waals surface area contributed by atoms with Crippen LogP contribution >= 0.6 is 0 Å². The van der Waals surface area contributed by atoms with Crippen molar-refractivity contribution in [1.82, 2.24) is 14.7 Å². The maximum atomic E-state index is 11.9. The monoisotopic (exact) mass is 210 g/mol. The Bertz CT molecular complexity index is 315. The van der Waals surface area contributed by atoms with Crippen molar-refractivity contribution in [3.8, 4) is 0 Å². The molecule has 2 N–H and O–H groups in total. The lowest BCUT2D eigenvalue weighted by Gasteiger charge is -2.19. The van der Waals surface area contributed by atoms with E-state index in [4.69, 9.17) is 5.73 Å². The van der Waals surface area contributed by atoms with Crippen LogP contribution in [0.1, 0.15) is 23.8 Å². The van der Waals surface area contributed by atoms with Gasteiger partial charge in [0.25, 0.3) is 5.91 Å². The third-order valence-electron chi connectivity index (χ3n) is 2.11. The molecule has 0 aromatic carbocycles. The molecule has 0 unspecified atom stereocenters. The Hall–Kier alpha value is -1.36. The molecule has 0 aliphatic carbocycles. The van der Waals surface area contributed by atoms with Crippen molar-refractivity contribution in [2.24, 2.45) is 12.8 Å². The van der Waals surface area contributed by atoms with Crippen molar-refractivity contribution >= 4 is 5.91 Å². The van der Waals surface area contributed by atoms with E-state index in [-0.39, 0.29) is 5.91 Å². The summed E-state index contributed by atoms with van der Waals surface area (Å²) in [5.74, 6) is -0.0390. The SMILES string of the molecule is CCCN(CCN)C(=O)c1ccn(C)n1. The minimum Gasteiger partial charge on any atom is -0.336 e. The average molecular weight is 210 g/mol. The molecule has 1 heterocycles. The molecule has 0 atom stereocenters. The summed E-state index contributed by atoms with van der Waals surface area (Å²) in [6.07, 6.45) is 2.69. The number of hydrogen-bond donors (Lipinski definition) is 1. The molecule has 0 fully saturated rings. The van der Waals surface area contributed by atoms with Crippen LogP contribution in [0.3, 0.4) is 0 Å². The van der Waals surface area contributed by atoms with E-state index in [2.05, 4.69) is 5.10 Å². The first kappa shape index (κ1) is 11.7. The van der Waals surface area contributed by atoms with E-state index < -0.39 is 0 Å². The Morgan fingerprint density at radius 2 is 2.33 bits per heavy atom. The maximum Gasteiger partial charge on any atom is 0.274 e. The van der Waals surface area contributed by atoms with E-state index in [9.17, 15) is 4.79 Å². The summed E-state index contributed by atoms with van der Waals surface area (Å²) in [6, 6.07) is 1.72. The molecule has 0 saturated heterocycles. The van der Waals surface area contributed by atoms with Gasteiger partial charge in [0.15, 0.2) is 0 Å². The molecule has 0 radical (unpaired) electrons. The first-order chi connectivity index (χ1) is 7.19. The van der Waals surface area contributed by atoms with Crippen molar-refractivity contribution < 1.29 is 4.79 Å². The first-order valence-corrected chi connectivity index (χ1v) is 5.18. The molecule has 1 rings (SSSR count). The van der Waals surface area contributed by atoms with Gasteiger partial charge >= 0.3 is 0 Å². The fourth-order valence-corrected chi connectivity index (χ4v) is 1.43. The zero-order chi connectivity index (χ0) is 11.3. The van der Waals surface area contributed by atoms with Crippen LogP contribution < -0.4 is 5.73 Å². The van der Waals surface area contributed by atoms with Crippen molar-refractivity contribution in [2.75, 3.05) is 19.6 Å². The second kappa shape index (κ2) is 5.50. The van der Waals surface area contributed by atoms with Gasteiger partial charge in [-0.2, -0.15) is 5.10 Å². The molecule has 0 bridgehead atoms. The topological polar surface area (TPSA) is 64.2 Å². The lowest BCUT2D eigenvalue weighted by Crippen LogP contribution is -2.36. The van der Waals surface area contributed by atoms with Crippen LogP contribution in [0.2, 0.25) is 0 Å². The van der Waals surface area contributed by atoms with Gasteiger partial charge in [0.05, 0.1) is 0 Å². The number of carbonyl (C=O) groups excluding carboxylic acids is 1. The molecule has 15 heavy (non-hydrogen) atoms. The van der Waals surface area contributed by atoms with E-state index in [1.807, 2.05) is 6.92 Å². The Morgan fingerprint density at radius 3 is 2.80 bits per heavy atom. The largest absolute Gasteiger partial charge is 0.336 e. The summed E-state index contributed by atoms with van der Waals surface area (Å²) in [5, 5.41) is 4.08. The van der Waals surface area contributed by atoms with Gasteiger partial charge in [0, 0.05) is 32.9 Å². The summed E-state index contributed by atoms with van der Waals surface area (Å²) in [4.78, 5) is 13.7. The molecule has 1 aromatic heterocycles. The number of nitrogens with two attached hydrogens (primary N) is 1. The standard InChI is InChI=1S/C10H18N4O/c1-3-6-14(8-5-11)10(15)9-4-7-13(2)12-9/h4,7H,3,5-6,8,11H2,1-2H3. The highest BCUT2D eigenvalue weighted by molar-refractivity contribution is 5.92. The van der Waals surface area contributed by atoms with Gasteiger partial charge in [0.2, 0.25) is 0 Å². The molecule has 1 amide bonds. The minimum absolute atomic E-state index is 0.0390. The zero-order valence-corrected chi connectivity index (χ0v) is 9.31. The summed E-state index contributed by atoms with van der Waals surface area (Å²) >= 11 is 0. The molecule has 5 nitrogen and oxygen atoms in total. The molecule has 0 aliphatic heterocycles. The molecule has 84 valence electrons. The fourth-order valence-electron chi connectivity index (χ4n) is 1.43. The Balaban J connectivity index is 2.71. The number of carbonyl (C=O) groups is 1. The number of rotatable bonds is 5. The normalized spacial score (nSPS) is 10.3. The molecular weight excluding hydrogens is 192 g/mol. The van der Waals surface area contributed by atoms with Gasteiger partial charge in [-0.25, -0.2) is 0 Å². The lowest BCUT2D eigenvalue weighted by atomic mass is 10.3. The van der Waals surface area contributed by atoms with E-state index in [1.165, 1.54) is 0 Å². The van der Waals surface area contributed by atoms with E-state index >= 15 is 0 Å². The van der Waals surface area contributed by atoms with Crippen molar-refractivity contribution in [3.05, 3.63) is 18.0 Å². The van der Waals surface area contributed by atoms with Crippen molar-refractivity contribution in [3.63, 3.8) is 0 Å². The summed E-state index contributed by atoms with van der Waals surface area (Å²) in [5.41, 5.74) is 5.95. The smallest absolute Gasteiger partial charge is 0.274 e. The van der Waals surface area contributed by atoms with Crippen LogP contribution in [-0.2, 0) is 7.05 Å². The van der Waals surface area contributed by atoms with E-state index in [1.54, 1.807) is 28.9 Å². The Morgan fingerprint density at radius 1 is 1.60 bits per heavy atom. The second-order valence-corrected chi connectivity index (χ2v) is 3.46. The molecule has 0 saturated carbocycles. The van der Waals surface area contributed by atoms with Crippen LogP contribution in [0.5, 0.6) is 0 Å². The number of aryl methyl sites for hydroxylation is 1. The summed E-state index contributed by atoms with van der Waals surface area (Å²) in [6.45, 7) is 3.84. The second-order valence-electron chi connectivity index (χ2n) is 3.46. The highest BCUT2D eigenvalue weighted by Gasteiger charge is 2.16. The fraction of sp³-hybridized carbons (Fsp3) is 0.600. The van der Waals surface area contributed by atoms with Crippen LogP contribution in [0, 0.1) is 0 Å². The molecule has 0 spiro atoms. The molecular formula is C10H18N4O. The number of amides is 1. The Labute approximate surface area is 89.9 Å². The lowest BCUT2D eigenvalue weighted by molar-refractivity contribution is 0.0753. The number of nitrogens with zero attached hydrogens (tertiary/aromatic N) is 3. The van der Waals surface area contributed by atoms with Gasteiger partial charge in [-0.3, -0.25) is 9.48 Å². The first-order valence-electron chi connectivity index (χ1n) is 5.18. The maximum absolute atomic E-state index is 11.9. The van der Waals surface area contributed by atoms with Crippen LogP contribution in [0.15, 0.2) is 12.3 Å². The highest BCUT2D eigenvalue weighted by Crippen LogP contribution is 2.02. The third kappa shape index (κ3) is 3.06. The predicted octanol–water partition coefficient (Wildman–Crippen LogP) is 0.231. The summed E-state index contributed by atoms with van der Waals surface area (Å²) in [7, 11) is 1.80. The quantitative estimate of drug-likeness (QED) is 0.756. The van der Waals surface area contributed by atoms with Gasteiger partial charge in [-0.05, 0) is 12.5 Å². The number of hydrogen-bond acceptors (Lipinski definition) is 3. The van der Waals surface area contributed by atoms with Gasteiger partial charge in [-0.15, -0.1) is 0 Å². The average Bonchev–Trinajstić information content (AvgIpc) is 2.63. The van der Waals surface area contributed by atoms with Gasteiger partial charge in [-0.1, -0.05) is 6.92 Å². The zero-order valence-electron chi connectivity index (χ0n) is 9.31. The van der Waals surface area contributed by atoms with Gasteiger partial charge < -0.3 is 10.6 Å². The minimum atomic E-state index is -0.0390. The van der Waals surface area contributed by atoms with E-state index in [0.717, 1.165) is 13.0 Å². The molecule has 5 heteroatoms. The third-order valence-corrected chi connectivity index (χ3v) is 2.11. The summed E-state index contributed by atoms with van der Waals surface area (Å²) < 4.78 is 1.62. The van der Waals surface area contributed by atoms with Crippen molar-refractivity contribution in [2.45, 2.75) is 13.3 Å². The predicted molar refractivity (Wildman–Crippen MR) is 58.5 cm³/mol. The Kier molecular flexibility index (Phi) is 4.30. The van der Waals surface area contributed by atoms with E-state index in [0.29, 0.717) is 18.8 Å². The van der Waals surface area contributed by atoms with Crippen LogP contribution in [-0.4, -0.2) is 40.2 Å². The van der Waals surface area contributed by atoms with Crippen LogP contribution in [0.25, 0.3) is 0 Å². The van der Waals surface area contributed by atoms with Crippen LogP contribution in [0.4, 0.5) is 0 Å². The van der Waals surface area contributed by atoms with Gasteiger partial charge in [0.1, 0.15) is 5.69 Å². The molecule has 0 aliphatic rings.